The third-order valence-corrected chi connectivity index (χ3v) is 2.63. The molecular weight excluding hydrogens is 319 g/mol. The van der Waals surface area contributed by atoms with Gasteiger partial charge in [0.2, 0.25) is 0 Å². The molecule has 1 amide bonds. The second-order valence-corrected chi connectivity index (χ2v) is 4.07. The topological polar surface area (TPSA) is 69.6 Å². The number of phenolic OH excluding ortho intramolecular Hbond substituents is 2. The molecule has 5 heteroatoms. The third-order valence-electron chi connectivity index (χ3n) is 2.63. The molecule has 0 fully saturated rings. The van der Waals surface area contributed by atoms with Crippen LogP contribution in [0.3, 0.4) is 0 Å². The minimum absolute atomic E-state index is 0. The van der Waals surface area contributed by atoms with Crippen molar-refractivity contribution in [3.8, 4) is 11.5 Å². The fraction of sp³-hybridized carbons (Fsp3) is 0.0714. The number of anilines is 1. The van der Waals surface area contributed by atoms with E-state index in [1.54, 1.807) is 25.1 Å². The van der Waals surface area contributed by atoms with Crippen LogP contribution in [0.5, 0.6) is 11.5 Å². The van der Waals surface area contributed by atoms with Crippen molar-refractivity contribution in [1.82, 2.24) is 0 Å². The molecule has 0 aromatic heterocycles. The maximum absolute atomic E-state index is 11.6. The van der Waals surface area contributed by atoms with E-state index in [9.17, 15) is 15.0 Å². The molecule has 0 bridgehead atoms. The first-order valence-electron chi connectivity index (χ1n) is 5.41. The van der Waals surface area contributed by atoms with Gasteiger partial charge >= 0.3 is 0 Å². The molecule has 0 saturated carbocycles. The van der Waals surface area contributed by atoms with Gasteiger partial charge in [0.25, 0.3) is 5.91 Å². The van der Waals surface area contributed by atoms with Gasteiger partial charge in [-0.1, -0.05) is 18.7 Å². The van der Waals surface area contributed by atoms with Crippen molar-refractivity contribution >= 4 is 22.4 Å². The number of rotatable bonds is 2. The van der Waals surface area contributed by atoms with E-state index in [0.29, 0.717) is 22.0 Å². The maximum Gasteiger partial charge on any atom is 0.250 e. The van der Waals surface area contributed by atoms with Crippen molar-refractivity contribution in [2.24, 2.45) is 0 Å². The van der Waals surface area contributed by atoms with Crippen molar-refractivity contribution < 1.29 is 47.7 Å². The molecule has 0 aliphatic carbocycles. The zero-order valence-corrected chi connectivity index (χ0v) is 13.3. The predicted molar refractivity (Wildman–Crippen MR) is 70.7 cm³/mol. The number of carbonyl (C=O) groups excluding carboxylic acids is 1. The van der Waals surface area contributed by atoms with Crippen LogP contribution < -0.4 is 5.32 Å². The van der Waals surface area contributed by atoms with E-state index in [4.69, 9.17) is 0 Å². The molecule has 2 rings (SSSR count). The molecule has 0 unspecified atom stereocenters. The zero-order valence-electron chi connectivity index (χ0n) is 10.5. The van der Waals surface area contributed by atoms with Gasteiger partial charge in [0.1, 0.15) is 11.5 Å². The molecule has 3 N–H and O–H groups in total. The monoisotopic (exact) mass is 332 g/mol. The van der Waals surface area contributed by atoms with Crippen molar-refractivity contribution in [2.45, 2.75) is 6.92 Å². The summed E-state index contributed by atoms with van der Waals surface area (Å²) in [5.41, 5.74) is 0.806. The minimum Gasteiger partial charge on any atom is -0.507 e. The Balaban J connectivity index is 0.00000180. The number of phenols is 2. The maximum atomic E-state index is 11.6. The molecule has 0 aliphatic heterocycles. The van der Waals surface area contributed by atoms with E-state index in [1.165, 1.54) is 12.1 Å². The fourth-order valence-electron chi connectivity index (χ4n) is 1.71. The fourth-order valence-corrected chi connectivity index (χ4v) is 1.71. The van der Waals surface area contributed by atoms with Gasteiger partial charge in [-0.25, -0.2) is 0 Å². The minimum atomic E-state index is -0.328. The van der Waals surface area contributed by atoms with E-state index >= 15 is 0 Å². The van der Waals surface area contributed by atoms with Crippen molar-refractivity contribution in [1.29, 1.82) is 0 Å². The van der Waals surface area contributed by atoms with Crippen LogP contribution in [0.15, 0.2) is 42.5 Å². The summed E-state index contributed by atoms with van der Waals surface area (Å²) in [5, 5.41) is 23.1. The van der Waals surface area contributed by atoms with Crippen LogP contribution in [0.25, 0.3) is 10.8 Å². The van der Waals surface area contributed by atoms with Crippen LogP contribution in [-0.4, -0.2) is 16.1 Å². The summed E-state index contributed by atoms with van der Waals surface area (Å²) < 4.78 is 0. The standard InChI is InChI=1S/C14H13NO3.Y/c1-8(2)14(18)15-10-5-3-4-9-11(16)6-7-12(17)13(9)10;/h3-7,16-17H,1H2,2H3,(H,15,18);. The van der Waals surface area contributed by atoms with Crippen LogP contribution in [0.2, 0.25) is 0 Å². The number of hydrogen-bond acceptors (Lipinski definition) is 3. The molecule has 95 valence electrons. The predicted octanol–water partition coefficient (Wildman–Crippen LogP) is 2.76. The van der Waals surface area contributed by atoms with Crippen LogP contribution in [0.4, 0.5) is 5.69 Å². The Labute approximate surface area is 136 Å². The smallest absolute Gasteiger partial charge is 0.250 e. The second kappa shape index (κ2) is 6.17. The Bertz CT molecular complexity index is 652. The Morgan fingerprint density at radius 1 is 1.16 bits per heavy atom. The summed E-state index contributed by atoms with van der Waals surface area (Å²) in [7, 11) is 0. The van der Waals surface area contributed by atoms with E-state index in [2.05, 4.69) is 11.9 Å². The SMILES string of the molecule is C=C(C)C(=O)Nc1cccc2c(O)ccc(O)c12.[Y]. The molecule has 4 nitrogen and oxygen atoms in total. The molecular formula is C14H13NO3Y. The van der Waals surface area contributed by atoms with Gasteiger partial charge in [-0.2, -0.15) is 0 Å². The molecule has 0 aliphatic rings. The van der Waals surface area contributed by atoms with Gasteiger partial charge in [-0.3, -0.25) is 4.79 Å². The number of fused-ring (bicyclic) bond motifs is 1. The molecule has 0 heterocycles. The summed E-state index contributed by atoms with van der Waals surface area (Å²) in [6, 6.07) is 7.80. The Morgan fingerprint density at radius 2 is 1.79 bits per heavy atom. The normalized spacial score (nSPS) is 9.74. The van der Waals surface area contributed by atoms with Gasteiger partial charge < -0.3 is 15.5 Å². The summed E-state index contributed by atoms with van der Waals surface area (Å²) in [4.78, 5) is 11.6. The van der Waals surface area contributed by atoms with E-state index in [0.717, 1.165) is 0 Å². The summed E-state index contributed by atoms with van der Waals surface area (Å²) in [6.45, 7) is 5.14. The largest absolute Gasteiger partial charge is 0.507 e. The number of hydrogen-bond donors (Lipinski definition) is 3. The molecule has 2 aromatic rings. The van der Waals surface area contributed by atoms with E-state index in [1.807, 2.05) is 0 Å². The second-order valence-electron chi connectivity index (χ2n) is 4.07. The van der Waals surface area contributed by atoms with Crippen molar-refractivity contribution in [3.63, 3.8) is 0 Å². The Hall–Kier alpha value is -1.39. The molecule has 2 aromatic carbocycles. The van der Waals surface area contributed by atoms with Gasteiger partial charge in [0.05, 0.1) is 11.1 Å². The number of nitrogens with one attached hydrogen (secondary N) is 1. The van der Waals surface area contributed by atoms with Gasteiger partial charge in [0, 0.05) is 43.7 Å². The van der Waals surface area contributed by atoms with Crippen LogP contribution in [0, 0.1) is 0 Å². The number of carbonyl (C=O) groups is 1. The quantitative estimate of drug-likeness (QED) is 0.585. The van der Waals surface area contributed by atoms with E-state index in [-0.39, 0.29) is 50.1 Å². The van der Waals surface area contributed by atoms with Crippen LogP contribution >= 0.6 is 0 Å². The number of aromatic hydroxyl groups is 2. The first-order chi connectivity index (χ1) is 8.50. The van der Waals surface area contributed by atoms with Gasteiger partial charge in [-0.15, -0.1) is 0 Å². The number of amides is 1. The summed E-state index contributed by atoms with van der Waals surface area (Å²) >= 11 is 0. The Kier molecular flexibility index (Phi) is 5.09. The number of benzene rings is 2. The van der Waals surface area contributed by atoms with E-state index < -0.39 is 0 Å². The van der Waals surface area contributed by atoms with Gasteiger partial charge in [0.15, 0.2) is 0 Å². The summed E-state index contributed by atoms with van der Waals surface area (Å²) in [6.07, 6.45) is 0. The third kappa shape index (κ3) is 3.14. The van der Waals surface area contributed by atoms with Crippen LogP contribution in [0.1, 0.15) is 6.92 Å². The van der Waals surface area contributed by atoms with Gasteiger partial charge in [-0.05, 0) is 25.1 Å². The molecule has 1 radical (unpaired) electrons. The average molecular weight is 332 g/mol. The van der Waals surface area contributed by atoms with Crippen molar-refractivity contribution in [3.05, 3.63) is 42.5 Å². The zero-order chi connectivity index (χ0) is 13.3. The Morgan fingerprint density at radius 3 is 2.42 bits per heavy atom. The van der Waals surface area contributed by atoms with Crippen LogP contribution in [-0.2, 0) is 37.5 Å². The summed E-state index contributed by atoms with van der Waals surface area (Å²) in [5.74, 6) is -0.278. The molecule has 19 heavy (non-hydrogen) atoms. The first kappa shape index (κ1) is 15.7. The van der Waals surface area contributed by atoms with Crippen molar-refractivity contribution in [2.75, 3.05) is 5.32 Å². The average Bonchev–Trinajstić information content (AvgIpc) is 2.34. The molecule has 0 spiro atoms. The molecule has 0 saturated heterocycles. The first-order valence-corrected chi connectivity index (χ1v) is 5.41. The molecule has 0 atom stereocenters.